The average molecular weight is 485 g/mol. The van der Waals surface area contributed by atoms with Crippen LogP contribution >= 0.6 is 0 Å². The van der Waals surface area contributed by atoms with Crippen molar-refractivity contribution >= 4 is 36.9 Å². The number of hydrogen-bond donors (Lipinski definition) is 0. The largest absolute Gasteiger partial charge is 0.120 e. The fourth-order valence-corrected chi connectivity index (χ4v) is 19.9. The van der Waals surface area contributed by atoms with Crippen LogP contribution in [0, 0.1) is 0 Å². The van der Waals surface area contributed by atoms with Crippen LogP contribution in [0.4, 0.5) is 0 Å². The third-order valence-electron chi connectivity index (χ3n) is 7.78. The molecule has 35 heavy (non-hydrogen) atoms. The van der Waals surface area contributed by atoms with Crippen molar-refractivity contribution in [3.05, 3.63) is 157 Å². The summed E-state index contributed by atoms with van der Waals surface area (Å²) in [6.07, 6.45) is 0. The van der Waals surface area contributed by atoms with E-state index in [2.05, 4.69) is 165 Å². The van der Waals surface area contributed by atoms with E-state index in [9.17, 15) is 0 Å². The number of benzene rings is 5. The van der Waals surface area contributed by atoms with Crippen molar-refractivity contribution in [2.45, 2.75) is 18.3 Å². The highest BCUT2D eigenvalue weighted by Gasteiger charge is 2.53. The molecule has 0 saturated carbocycles. The Morgan fingerprint density at radius 3 is 0.829 bits per heavy atom. The van der Waals surface area contributed by atoms with Gasteiger partial charge in [-0.1, -0.05) is 186 Å². The maximum absolute atomic E-state index is 2.60. The van der Waals surface area contributed by atoms with Gasteiger partial charge in [0.2, 0.25) is 0 Å². The van der Waals surface area contributed by atoms with Gasteiger partial charge < -0.3 is 0 Å². The second-order valence-electron chi connectivity index (χ2n) is 9.71. The van der Waals surface area contributed by atoms with Gasteiger partial charge >= 0.3 is 0 Å². The molecule has 0 aliphatic rings. The smallest absolute Gasteiger partial charge is 0.0626 e. The molecule has 0 fully saturated rings. The summed E-state index contributed by atoms with van der Waals surface area (Å²) in [7, 11) is -4.62. The topological polar surface area (TPSA) is 0 Å². The Labute approximate surface area is 212 Å². The van der Waals surface area contributed by atoms with E-state index in [1.807, 2.05) is 0 Å². The molecule has 0 bridgehead atoms. The second-order valence-corrected chi connectivity index (χ2v) is 18.6. The molecule has 0 heterocycles. The first-order valence-corrected chi connectivity index (χ1v) is 17.6. The van der Waals surface area contributed by atoms with Gasteiger partial charge in [-0.25, -0.2) is 0 Å². The van der Waals surface area contributed by atoms with Crippen molar-refractivity contribution < 1.29 is 0 Å². The maximum atomic E-state index is 2.60. The highest BCUT2D eigenvalue weighted by Crippen LogP contribution is 2.36. The monoisotopic (exact) mass is 484 g/mol. The summed E-state index contributed by atoms with van der Waals surface area (Å²) in [5.74, 6) is 0. The summed E-state index contributed by atoms with van der Waals surface area (Å²) < 4.78 is 0. The van der Waals surface area contributed by atoms with Gasteiger partial charge in [0, 0.05) is 0 Å². The van der Waals surface area contributed by atoms with E-state index in [1.165, 1.54) is 26.3 Å². The summed E-state index contributed by atoms with van der Waals surface area (Å²) in [5, 5.41) is 6.36. The van der Waals surface area contributed by atoms with E-state index >= 15 is 0 Å². The van der Waals surface area contributed by atoms with Crippen LogP contribution < -0.4 is 20.7 Å². The summed E-state index contributed by atoms with van der Waals surface area (Å²) in [5.41, 5.74) is 1.45. The van der Waals surface area contributed by atoms with Crippen LogP contribution in [0.25, 0.3) is 0 Å². The fourth-order valence-electron chi connectivity index (χ4n) is 6.03. The molecule has 0 saturated heterocycles. The van der Waals surface area contributed by atoms with Gasteiger partial charge in [-0.05, 0) is 10.7 Å². The number of rotatable bonds is 7. The second kappa shape index (κ2) is 10.0. The fraction of sp³-hybridized carbons (Fsp3) is 0.0909. The van der Waals surface area contributed by atoms with Crippen molar-refractivity contribution in [3.63, 3.8) is 0 Å². The van der Waals surface area contributed by atoms with E-state index < -0.39 is 16.1 Å². The molecule has 0 spiro atoms. The summed E-state index contributed by atoms with van der Waals surface area (Å²) >= 11 is 0. The van der Waals surface area contributed by atoms with Crippen molar-refractivity contribution in [2.75, 3.05) is 0 Å². The molecule has 0 aliphatic carbocycles. The van der Waals surface area contributed by atoms with Gasteiger partial charge in [0.1, 0.15) is 16.1 Å². The van der Waals surface area contributed by atoms with E-state index in [4.69, 9.17) is 0 Å². The van der Waals surface area contributed by atoms with Gasteiger partial charge in [-0.3, -0.25) is 0 Å². The van der Waals surface area contributed by atoms with Gasteiger partial charge in [0.15, 0.2) is 0 Å². The number of hydrogen-bond acceptors (Lipinski definition) is 0. The Morgan fingerprint density at radius 1 is 0.343 bits per heavy atom. The van der Waals surface area contributed by atoms with E-state index in [1.54, 1.807) is 0 Å². The Morgan fingerprint density at radius 2 is 0.571 bits per heavy atom. The third kappa shape index (κ3) is 4.24. The lowest BCUT2D eigenvalue weighted by atomic mass is 10.2. The molecule has 0 radical (unpaired) electrons. The molecular weight excluding hydrogens is 453 g/mol. The van der Waals surface area contributed by atoms with E-state index in [0.717, 1.165) is 0 Å². The van der Waals surface area contributed by atoms with Gasteiger partial charge in [0.05, 0.1) is 0 Å². The van der Waals surface area contributed by atoms with Crippen LogP contribution in [-0.4, -0.2) is 16.1 Å². The predicted octanol–water partition coefficient (Wildman–Crippen LogP) is 5.63. The van der Waals surface area contributed by atoms with Crippen molar-refractivity contribution in [1.29, 1.82) is 0 Å². The highest BCUT2D eigenvalue weighted by atomic mass is 28.4. The van der Waals surface area contributed by atoms with Crippen molar-refractivity contribution in [2.24, 2.45) is 0 Å². The molecule has 172 valence electrons. The molecule has 0 nitrogen and oxygen atoms in total. The van der Waals surface area contributed by atoms with Gasteiger partial charge in [0.25, 0.3) is 0 Å². The van der Waals surface area contributed by atoms with Crippen LogP contribution in [0.3, 0.4) is 0 Å². The Kier molecular flexibility index (Phi) is 6.67. The quantitative estimate of drug-likeness (QED) is 0.263. The molecule has 0 atom stereocenters. The zero-order valence-electron chi connectivity index (χ0n) is 20.5. The van der Waals surface area contributed by atoms with E-state index in [0.29, 0.717) is 5.16 Å². The van der Waals surface area contributed by atoms with Crippen LogP contribution in [0.15, 0.2) is 152 Å². The average Bonchev–Trinajstić information content (AvgIpc) is 2.95. The zero-order chi connectivity index (χ0) is 24.1. The minimum atomic E-state index is -2.31. The molecule has 0 aliphatic heterocycles. The molecule has 2 heteroatoms. The third-order valence-corrected chi connectivity index (χ3v) is 20.4. The van der Waals surface area contributed by atoms with Crippen molar-refractivity contribution in [1.82, 2.24) is 0 Å². The maximum Gasteiger partial charge on any atom is 0.120 e. The zero-order valence-corrected chi connectivity index (χ0v) is 22.5. The normalized spacial score (nSPS) is 12.0. The molecule has 0 unspecified atom stereocenters. The Balaban J connectivity index is 1.90. The van der Waals surface area contributed by atoms with Crippen molar-refractivity contribution in [3.8, 4) is 0 Å². The van der Waals surface area contributed by atoms with Gasteiger partial charge in [-0.15, -0.1) is 0 Å². The lowest BCUT2D eigenvalue weighted by Crippen LogP contribution is -2.73. The highest BCUT2D eigenvalue weighted by molar-refractivity contribution is 7.18. The summed E-state index contributed by atoms with van der Waals surface area (Å²) in [6.45, 7) is 5.21. The lowest BCUT2D eigenvalue weighted by molar-refractivity contribution is 1.22. The molecule has 5 aromatic rings. The molecule has 0 N–H and O–H groups in total. The molecular formula is C33H32Si2. The Hall–Kier alpha value is -3.47. The lowest BCUT2D eigenvalue weighted by Gasteiger charge is -2.47. The molecule has 0 aromatic heterocycles. The van der Waals surface area contributed by atoms with E-state index in [-0.39, 0.29) is 0 Å². The predicted molar refractivity (Wildman–Crippen MR) is 157 cm³/mol. The minimum Gasteiger partial charge on any atom is -0.0626 e. The minimum absolute atomic E-state index is 0.394. The van der Waals surface area contributed by atoms with Crippen LogP contribution in [0.1, 0.15) is 10.7 Å². The summed E-state index contributed by atoms with van der Waals surface area (Å²) in [4.78, 5) is 0. The standard InChI is InChI=1S/C33H32Si2/c1-34(29-20-10-4-11-21-29,30-22-12-5-13-23-30)33(28-18-8-3-9-19-28)35(2,31-24-14-6-15-25-31)32-26-16-7-17-27-32/h3-27,33H,1-2H3. The van der Waals surface area contributed by atoms with Crippen LogP contribution in [0.5, 0.6) is 0 Å². The SMILES string of the molecule is C[Si](c1ccccc1)(c1ccccc1)C(c1ccccc1)[Si](C)(c1ccccc1)c1ccccc1. The Bertz CT molecular complexity index is 1170. The first-order valence-electron chi connectivity index (χ1n) is 12.4. The van der Waals surface area contributed by atoms with Crippen LogP contribution in [-0.2, 0) is 0 Å². The first-order chi connectivity index (χ1) is 17.1. The van der Waals surface area contributed by atoms with Gasteiger partial charge in [-0.2, -0.15) is 0 Å². The van der Waals surface area contributed by atoms with Crippen LogP contribution in [0.2, 0.25) is 13.1 Å². The summed E-state index contributed by atoms with van der Waals surface area (Å²) in [6, 6.07) is 56.7. The first kappa shape index (κ1) is 23.3. The molecule has 5 rings (SSSR count). The molecule has 5 aromatic carbocycles. The molecule has 0 amide bonds.